The number of hydrogen-bond acceptors (Lipinski definition) is 4. The Morgan fingerprint density at radius 1 is 1.28 bits per heavy atom. The fraction of sp³-hybridized carbons (Fsp3) is 0.471. The largest absolute Gasteiger partial charge is 0.323 e. The molecule has 5 nitrogen and oxygen atoms in total. The Kier molecular flexibility index (Phi) is 4.69. The quantitative estimate of drug-likeness (QED) is 0.709. The van der Waals surface area contributed by atoms with Crippen molar-refractivity contribution in [3.05, 3.63) is 33.6 Å². The lowest BCUT2D eigenvalue weighted by molar-refractivity contribution is -0.113. The van der Waals surface area contributed by atoms with Crippen molar-refractivity contribution >= 4 is 46.6 Å². The minimum Gasteiger partial charge on any atom is -0.323 e. The van der Waals surface area contributed by atoms with E-state index in [1.54, 1.807) is 6.07 Å². The Hall–Kier alpha value is -1.24. The molecule has 1 heterocycles. The Balaban J connectivity index is 1.44. The monoisotopic (exact) mass is 396 g/mol. The summed E-state index contributed by atoms with van der Waals surface area (Å²) >= 11 is 13.8. The molecule has 0 atom stereocenters. The third-order valence-electron chi connectivity index (χ3n) is 4.43. The van der Waals surface area contributed by atoms with Gasteiger partial charge in [0.15, 0.2) is 5.16 Å². The summed E-state index contributed by atoms with van der Waals surface area (Å²) in [4.78, 5) is 12.3. The highest BCUT2D eigenvalue weighted by Crippen LogP contribution is 2.46. The molecule has 2 fully saturated rings. The number of anilines is 1. The summed E-state index contributed by atoms with van der Waals surface area (Å²) in [5.41, 5.74) is 1.34. The number of carbonyl (C=O) groups is 1. The summed E-state index contributed by atoms with van der Waals surface area (Å²) in [7, 11) is 0. The summed E-state index contributed by atoms with van der Waals surface area (Å²) < 4.78 is 2.24. The van der Waals surface area contributed by atoms with E-state index in [2.05, 4.69) is 20.1 Å². The highest BCUT2D eigenvalue weighted by atomic mass is 35.5. The molecule has 1 amide bonds. The van der Waals surface area contributed by atoms with Gasteiger partial charge in [-0.3, -0.25) is 4.79 Å². The highest BCUT2D eigenvalue weighted by Gasteiger charge is 2.36. The molecule has 1 N–H and O–H groups in total. The maximum Gasteiger partial charge on any atom is 0.234 e. The SMILES string of the molecule is Cc1ccc(Cl)c(NC(=O)CSc2nnc(C3CC3)n2C2CC2)c1Cl. The Labute approximate surface area is 160 Å². The molecule has 0 saturated heterocycles. The Bertz CT molecular complexity index is 830. The minimum absolute atomic E-state index is 0.155. The molecule has 1 aromatic heterocycles. The smallest absolute Gasteiger partial charge is 0.234 e. The minimum atomic E-state index is -0.155. The first-order valence-electron chi connectivity index (χ1n) is 8.36. The Morgan fingerprint density at radius 2 is 2.04 bits per heavy atom. The molecule has 0 spiro atoms. The molecular formula is C17H18Cl2N4OS. The topological polar surface area (TPSA) is 59.8 Å². The van der Waals surface area contributed by atoms with Crippen molar-refractivity contribution in [2.45, 2.75) is 49.7 Å². The summed E-state index contributed by atoms with van der Waals surface area (Å²) in [6.07, 6.45) is 4.73. The van der Waals surface area contributed by atoms with E-state index >= 15 is 0 Å². The van der Waals surface area contributed by atoms with E-state index < -0.39 is 0 Å². The van der Waals surface area contributed by atoms with Crippen LogP contribution in [0, 0.1) is 6.92 Å². The van der Waals surface area contributed by atoms with Gasteiger partial charge in [-0.2, -0.15) is 0 Å². The van der Waals surface area contributed by atoms with Gasteiger partial charge in [0.1, 0.15) is 5.82 Å². The van der Waals surface area contributed by atoms with Crippen LogP contribution >= 0.6 is 35.0 Å². The van der Waals surface area contributed by atoms with Gasteiger partial charge >= 0.3 is 0 Å². The van der Waals surface area contributed by atoms with Crippen molar-refractivity contribution < 1.29 is 4.79 Å². The average Bonchev–Trinajstić information content (AvgIpc) is 3.52. The number of hydrogen-bond donors (Lipinski definition) is 1. The Morgan fingerprint density at radius 3 is 2.72 bits per heavy atom. The van der Waals surface area contributed by atoms with E-state index in [1.807, 2.05) is 13.0 Å². The summed E-state index contributed by atoms with van der Waals surface area (Å²) in [5, 5.41) is 13.2. The molecule has 0 unspecified atom stereocenters. The number of amides is 1. The second-order valence-electron chi connectivity index (χ2n) is 6.61. The zero-order valence-corrected chi connectivity index (χ0v) is 16.1. The highest BCUT2D eigenvalue weighted by molar-refractivity contribution is 7.99. The number of thioether (sulfide) groups is 1. The molecule has 0 bridgehead atoms. The number of carbonyl (C=O) groups excluding carboxylic acids is 1. The van der Waals surface area contributed by atoms with E-state index in [9.17, 15) is 4.79 Å². The predicted molar refractivity (Wildman–Crippen MR) is 101 cm³/mol. The van der Waals surface area contributed by atoms with Crippen molar-refractivity contribution in [2.24, 2.45) is 0 Å². The number of benzene rings is 1. The molecule has 2 aliphatic carbocycles. The van der Waals surface area contributed by atoms with Crippen LogP contribution in [-0.4, -0.2) is 26.4 Å². The van der Waals surface area contributed by atoms with Gasteiger partial charge in [-0.15, -0.1) is 10.2 Å². The molecule has 132 valence electrons. The molecule has 2 saturated carbocycles. The van der Waals surface area contributed by atoms with Crippen molar-refractivity contribution in [1.29, 1.82) is 0 Å². The fourth-order valence-electron chi connectivity index (χ4n) is 2.76. The normalized spacial score (nSPS) is 16.9. The number of aromatic nitrogens is 3. The van der Waals surface area contributed by atoms with Gasteiger partial charge in [-0.25, -0.2) is 0 Å². The predicted octanol–water partition coefficient (Wildman–Crippen LogP) is 4.84. The summed E-state index contributed by atoms with van der Waals surface area (Å²) in [5.74, 6) is 1.74. The van der Waals surface area contributed by atoms with Gasteiger partial charge in [0.25, 0.3) is 0 Å². The van der Waals surface area contributed by atoms with Crippen LogP contribution in [0.15, 0.2) is 17.3 Å². The summed E-state index contributed by atoms with van der Waals surface area (Å²) in [6.45, 7) is 1.88. The van der Waals surface area contributed by atoms with Crippen LogP contribution in [0.2, 0.25) is 10.0 Å². The first-order chi connectivity index (χ1) is 12.0. The molecule has 4 rings (SSSR count). The fourth-order valence-corrected chi connectivity index (χ4v) is 4.04. The number of nitrogens with one attached hydrogen (secondary N) is 1. The average molecular weight is 397 g/mol. The zero-order valence-electron chi connectivity index (χ0n) is 13.8. The molecule has 0 radical (unpaired) electrons. The van der Waals surface area contributed by atoms with Crippen LogP contribution in [0.5, 0.6) is 0 Å². The van der Waals surface area contributed by atoms with Crippen LogP contribution in [0.3, 0.4) is 0 Å². The molecule has 2 aliphatic rings. The maximum atomic E-state index is 12.3. The van der Waals surface area contributed by atoms with Crippen molar-refractivity contribution in [3.8, 4) is 0 Å². The number of rotatable bonds is 6. The van der Waals surface area contributed by atoms with Crippen LogP contribution in [-0.2, 0) is 4.79 Å². The second kappa shape index (κ2) is 6.82. The first kappa shape index (κ1) is 17.2. The van der Waals surface area contributed by atoms with Gasteiger partial charge in [0.05, 0.1) is 21.5 Å². The van der Waals surface area contributed by atoms with Crippen LogP contribution in [0.4, 0.5) is 5.69 Å². The standard InChI is InChI=1S/C17H18Cl2N4OS/c1-9-2-7-12(18)15(14(9)19)20-13(24)8-25-17-22-21-16(10-3-4-10)23(17)11-5-6-11/h2,7,10-11H,3-6,8H2,1H3,(H,20,24). The lowest BCUT2D eigenvalue weighted by Crippen LogP contribution is -2.15. The van der Waals surface area contributed by atoms with Gasteiger partial charge in [0.2, 0.25) is 5.91 Å². The summed E-state index contributed by atoms with van der Waals surface area (Å²) in [6, 6.07) is 4.07. The number of halogens is 2. The maximum absolute atomic E-state index is 12.3. The lowest BCUT2D eigenvalue weighted by Gasteiger charge is -2.11. The third kappa shape index (κ3) is 3.66. The van der Waals surface area contributed by atoms with Crippen LogP contribution in [0.1, 0.15) is 49.0 Å². The van der Waals surface area contributed by atoms with E-state index in [4.69, 9.17) is 23.2 Å². The van der Waals surface area contributed by atoms with Crippen LogP contribution in [0.25, 0.3) is 0 Å². The lowest BCUT2D eigenvalue weighted by atomic mass is 10.2. The van der Waals surface area contributed by atoms with E-state index in [0.29, 0.717) is 27.7 Å². The number of nitrogens with zero attached hydrogens (tertiary/aromatic N) is 3. The first-order valence-corrected chi connectivity index (χ1v) is 10.1. The van der Waals surface area contributed by atoms with Crippen molar-refractivity contribution in [2.75, 3.05) is 11.1 Å². The van der Waals surface area contributed by atoms with Gasteiger partial charge < -0.3 is 9.88 Å². The molecule has 2 aromatic rings. The molecule has 8 heteroatoms. The van der Waals surface area contributed by atoms with Crippen molar-refractivity contribution in [3.63, 3.8) is 0 Å². The molecule has 1 aromatic carbocycles. The molecule has 25 heavy (non-hydrogen) atoms. The van der Waals surface area contributed by atoms with E-state index in [-0.39, 0.29) is 11.7 Å². The second-order valence-corrected chi connectivity index (χ2v) is 8.33. The third-order valence-corrected chi connectivity index (χ3v) is 6.17. The van der Waals surface area contributed by atoms with Gasteiger partial charge in [0, 0.05) is 12.0 Å². The van der Waals surface area contributed by atoms with Crippen molar-refractivity contribution in [1.82, 2.24) is 14.8 Å². The molecular weight excluding hydrogens is 379 g/mol. The van der Waals surface area contributed by atoms with Crippen LogP contribution < -0.4 is 5.32 Å². The molecule has 0 aliphatic heterocycles. The number of aryl methyl sites for hydroxylation is 1. The van der Waals surface area contributed by atoms with Gasteiger partial charge in [-0.1, -0.05) is 41.0 Å². The zero-order chi connectivity index (χ0) is 17.6. The van der Waals surface area contributed by atoms with E-state index in [0.717, 1.165) is 16.5 Å². The van der Waals surface area contributed by atoms with E-state index in [1.165, 1.54) is 37.4 Å². The van der Waals surface area contributed by atoms with Gasteiger partial charge in [-0.05, 0) is 44.2 Å².